The maximum atomic E-state index is 10.4. The molecule has 1 saturated heterocycles. The van der Waals surface area contributed by atoms with Crippen molar-refractivity contribution >= 4 is 17.3 Å². The number of thiophene rings is 1. The number of carbonyl (C=O) groups is 1. The summed E-state index contributed by atoms with van der Waals surface area (Å²) < 4.78 is 16.5. The van der Waals surface area contributed by atoms with Gasteiger partial charge in [-0.1, -0.05) is 37.1 Å². The first-order valence-corrected chi connectivity index (χ1v) is 14.0. The highest BCUT2D eigenvalue weighted by Crippen LogP contribution is 2.49. The lowest BCUT2D eigenvalue weighted by atomic mass is 9.68. The SMILES string of the molecule is CC(=O)Oc1ccccc1.COc1ccsc1CNCC[C@@]1(c2ccccn2)CCOC2(CCCC2)C1. The van der Waals surface area contributed by atoms with E-state index >= 15 is 0 Å². The first-order valence-electron chi connectivity index (χ1n) is 13.1. The third kappa shape index (κ3) is 7.40. The molecule has 0 unspecified atom stereocenters. The van der Waals surface area contributed by atoms with E-state index in [1.54, 1.807) is 30.6 Å². The molecule has 2 aromatic heterocycles. The number of hydrogen-bond acceptors (Lipinski definition) is 7. The van der Waals surface area contributed by atoms with E-state index in [-0.39, 0.29) is 17.0 Å². The summed E-state index contributed by atoms with van der Waals surface area (Å²) in [6, 6.07) is 17.4. The Bertz CT molecular complexity index is 1100. The zero-order chi connectivity index (χ0) is 26.0. The molecule has 37 heavy (non-hydrogen) atoms. The van der Waals surface area contributed by atoms with Gasteiger partial charge in [-0.25, -0.2) is 0 Å². The van der Waals surface area contributed by atoms with Crippen molar-refractivity contribution in [1.29, 1.82) is 0 Å². The zero-order valence-corrected chi connectivity index (χ0v) is 22.7. The first-order chi connectivity index (χ1) is 18.0. The number of carbonyl (C=O) groups excluding carboxylic acids is 1. The summed E-state index contributed by atoms with van der Waals surface area (Å²) >= 11 is 1.75. The quantitative estimate of drug-likeness (QED) is 0.213. The van der Waals surface area contributed by atoms with Crippen LogP contribution in [0.1, 0.15) is 62.4 Å². The summed E-state index contributed by atoms with van der Waals surface area (Å²) in [5.41, 5.74) is 1.46. The number of nitrogens with zero attached hydrogens (tertiary/aromatic N) is 1. The topological polar surface area (TPSA) is 69.7 Å². The number of aromatic nitrogens is 1. The molecule has 0 radical (unpaired) electrons. The smallest absolute Gasteiger partial charge is 0.308 e. The van der Waals surface area contributed by atoms with Gasteiger partial charge < -0.3 is 19.5 Å². The van der Waals surface area contributed by atoms with E-state index in [1.165, 1.54) is 43.2 Å². The van der Waals surface area contributed by atoms with E-state index in [0.29, 0.717) is 5.75 Å². The summed E-state index contributed by atoms with van der Waals surface area (Å²) in [5.74, 6) is 1.30. The van der Waals surface area contributed by atoms with E-state index in [9.17, 15) is 4.79 Å². The number of ether oxygens (including phenoxy) is 3. The van der Waals surface area contributed by atoms with Gasteiger partial charge in [-0.2, -0.15) is 0 Å². The molecule has 3 heterocycles. The maximum absolute atomic E-state index is 10.4. The number of para-hydroxylation sites is 1. The van der Waals surface area contributed by atoms with Crippen LogP contribution in [0.25, 0.3) is 0 Å². The first kappa shape index (κ1) is 27.3. The summed E-state index contributed by atoms with van der Waals surface area (Å²) in [6.45, 7) is 4.08. The fourth-order valence-electron chi connectivity index (χ4n) is 5.62. The highest BCUT2D eigenvalue weighted by Gasteiger charge is 2.48. The highest BCUT2D eigenvalue weighted by atomic mass is 32.1. The molecule has 0 amide bonds. The van der Waals surface area contributed by atoms with Crippen LogP contribution in [0, 0.1) is 0 Å². The minimum absolute atomic E-state index is 0.0900. The van der Waals surface area contributed by atoms with Crippen LogP contribution < -0.4 is 14.8 Å². The number of nitrogens with one attached hydrogen (secondary N) is 1. The lowest BCUT2D eigenvalue weighted by molar-refractivity contribution is -0.131. The van der Waals surface area contributed by atoms with E-state index in [0.717, 1.165) is 44.7 Å². The van der Waals surface area contributed by atoms with Crippen molar-refractivity contribution in [3.05, 3.63) is 76.7 Å². The van der Waals surface area contributed by atoms with Gasteiger partial charge in [-0.3, -0.25) is 9.78 Å². The molecule has 1 aromatic carbocycles. The molecule has 1 atom stereocenters. The van der Waals surface area contributed by atoms with Gasteiger partial charge in [0.1, 0.15) is 11.5 Å². The molecule has 1 spiro atoms. The number of rotatable bonds is 8. The largest absolute Gasteiger partial charge is 0.496 e. The minimum atomic E-state index is -0.286. The standard InChI is InChI=1S/C22H30N2O2S.C8H8O2/c1-25-18-7-15-27-19(18)16-23-13-10-21(20-6-2-5-12-24-20)11-14-26-22(17-21)8-3-4-9-22;1-7(9)10-8-5-3-2-4-6-8/h2,5-7,12,15,23H,3-4,8-11,13-14,16-17H2,1H3;2-6H,1H3/t21-;/m1./s1. The van der Waals surface area contributed by atoms with Gasteiger partial charge in [-0.05, 0) is 74.4 Å². The van der Waals surface area contributed by atoms with Crippen LogP contribution in [0.15, 0.2) is 66.2 Å². The number of benzene rings is 1. The Morgan fingerprint density at radius 3 is 2.57 bits per heavy atom. The predicted molar refractivity (Wildman–Crippen MR) is 147 cm³/mol. The van der Waals surface area contributed by atoms with Crippen LogP contribution in [0.5, 0.6) is 11.5 Å². The number of methoxy groups -OCH3 is 1. The molecule has 5 rings (SSSR count). The Labute approximate surface area is 224 Å². The van der Waals surface area contributed by atoms with Gasteiger partial charge in [0.15, 0.2) is 0 Å². The average Bonchev–Trinajstić information content (AvgIpc) is 3.57. The Morgan fingerprint density at radius 1 is 1.08 bits per heavy atom. The monoisotopic (exact) mass is 522 g/mol. The zero-order valence-electron chi connectivity index (χ0n) is 21.9. The van der Waals surface area contributed by atoms with Crippen LogP contribution in [0.4, 0.5) is 0 Å². The fourth-order valence-corrected chi connectivity index (χ4v) is 6.43. The average molecular weight is 523 g/mol. The lowest BCUT2D eigenvalue weighted by Crippen LogP contribution is -2.47. The van der Waals surface area contributed by atoms with Crippen molar-refractivity contribution in [2.75, 3.05) is 20.3 Å². The number of esters is 1. The van der Waals surface area contributed by atoms with Gasteiger partial charge in [0, 0.05) is 37.4 Å². The molecular formula is C30H38N2O4S. The summed E-state index contributed by atoms with van der Waals surface area (Å²) in [5, 5.41) is 5.74. The molecule has 2 aliphatic rings. The Kier molecular flexibility index (Phi) is 9.72. The predicted octanol–water partition coefficient (Wildman–Crippen LogP) is 6.30. The Balaban J connectivity index is 0.000000270. The lowest BCUT2D eigenvalue weighted by Gasteiger charge is -2.46. The second kappa shape index (κ2) is 13.2. The molecular weight excluding hydrogens is 484 g/mol. The fraction of sp³-hybridized carbons (Fsp3) is 0.467. The summed E-state index contributed by atoms with van der Waals surface area (Å²) in [4.78, 5) is 16.4. The molecule has 0 bridgehead atoms. The minimum Gasteiger partial charge on any atom is -0.496 e. The molecule has 198 valence electrons. The second-order valence-corrected chi connectivity index (χ2v) is 10.9. The van der Waals surface area contributed by atoms with Crippen molar-refractivity contribution in [2.45, 2.75) is 69.4 Å². The number of pyridine rings is 1. The van der Waals surface area contributed by atoms with E-state index in [4.69, 9.17) is 19.2 Å². The van der Waals surface area contributed by atoms with Crippen molar-refractivity contribution in [2.24, 2.45) is 0 Å². The third-order valence-corrected chi connectivity index (χ3v) is 8.27. The molecule has 2 fully saturated rings. The molecule has 7 heteroatoms. The van der Waals surface area contributed by atoms with Crippen LogP contribution in [0.3, 0.4) is 0 Å². The van der Waals surface area contributed by atoms with E-state index in [1.807, 2.05) is 36.5 Å². The van der Waals surface area contributed by atoms with Crippen LogP contribution in [0.2, 0.25) is 0 Å². The van der Waals surface area contributed by atoms with Crippen molar-refractivity contribution in [3.8, 4) is 11.5 Å². The third-order valence-electron chi connectivity index (χ3n) is 7.37. The maximum Gasteiger partial charge on any atom is 0.308 e. The molecule has 6 nitrogen and oxygen atoms in total. The summed E-state index contributed by atoms with van der Waals surface area (Å²) in [6.07, 6.45) is 10.2. The van der Waals surface area contributed by atoms with Gasteiger partial charge in [0.25, 0.3) is 0 Å². The van der Waals surface area contributed by atoms with Crippen LogP contribution >= 0.6 is 11.3 Å². The van der Waals surface area contributed by atoms with Crippen LogP contribution in [-0.4, -0.2) is 36.8 Å². The van der Waals surface area contributed by atoms with Crippen molar-refractivity contribution in [3.63, 3.8) is 0 Å². The number of hydrogen-bond donors (Lipinski definition) is 1. The molecule has 1 aliphatic heterocycles. The van der Waals surface area contributed by atoms with Crippen molar-refractivity contribution in [1.82, 2.24) is 10.3 Å². The normalized spacial score (nSPS) is 20.2. The van der Waals surface area contributed by atoms with Gasteiger partial charge in [0.05, 0.1) is 17.6 Å². The molecule has 1 N–H and O–H groups in total. The second-order valence-electron chi connectivity index (χ2n) is 9.91. The highest BCUT2D eigenvalue weighted by molar-refractivity contribution is 7.10. The van der Waals surface area contributed by atoms with E-state index < -0.39 is 0 Å². The molecule has 1 saturated carbocycles. The Morgan fingerprint density at radius 2 is 1.86 bits per heavy atom. The van der Waals surface area contributed by atoms with Gasteiger partial charge >= 0.3 is 5.97 Å². The van der Waals surface area contributed by atoms with Gasteiger partial charge in [0.2, 0.25) is 0 Å². The Hall–Kier alpha value is -2.74. The van der Waals surface area contributed by atoms with E-state index in [2.05, 4.69) is 22.8 Å². The summed E-state index contributed by atoms with van der Waals surface area (Å²) in [7, 11) is 1.74. The van der Waals surface area contributed by atoms with Gasteiger partial charge in [-0.15, -0.1) is 11.3 Å². The molecule has 1 aliphatic carbocycles. The molecule has 3 aromatic rings. The van der Waals surface area contributed by atoms with Crippen LogP contribution in [-0.2, 0) is 21.5 Å². The van der Waals surface area contributed by atoms with Crippen molar-refractivity contribution < 1.29 is 19.0 Å².